The van der Waals surface area contributed by atoms with Crippen molar-refractivity contribution in [1.29, 1.82) is 0 Å². The van der Waals surface area contributed by atoms with E-state index in [0.717, 1.165) is 24.6 Å². The Balaban J connectivity index is 2.06. The molecular weight excluding hydrogens is 212 g/mol. The molecule has 1 fully saturated rings. The number of nitrogens with one attached hydrogen (secondary N) is 1. The molecule has 1 N–H and O–H groups in total. The Kier molecular flexibility index (Phi) is 3.94. The Morgan fingerprint density at radius 2 is 2.18 bits per heavy atom. The highest BCUT2D eigenvalue weighted by Crippen LogP contribution is 2.18. The molecule has 1 saturated heterocycles. The third kappa shape index (κ3) is 2.94. The van der Waals surface area contributed by atoms with Gasteiger partial charge in [-0.3, -0.25) is 0 Å². The number of likely N-dealkylation sites (N-methyl/N-ethyl adjacent to an activating group) is 1. The molecule has 0 amide bonds. The van der Waals surface area contributed by atoms with Crippen molar-refractivity contribution in [1.82, 2.24) is 15.5 Å². The van der Waals surface area contributed by atoms with Crippen molar-refractivity contribution in [3.8, 4) is 0 Å². The second-order valence-electron chi connectivity index (χ2n) is 5.04. The second-order valence-corrected chi connectivity index (χ2v) is 5.04. The van der Waals surface area contributed by atoms with E-state index in [1.165, 1.54) is 12.8 Å². The van der Waals surface area contributed by atoms with E-state index in [4.69, 9.17) is 0 Å². The normalized spacial score (nSPS) is 20.9. The van der Waals surface area contributed by atoms with E-state index in [9.17, 15) is 0 Å². The number of aromatic nitrogens is 2. The fraction of sp³-hybridized carbons (Fsp3) is 0.692. The average molecular weight is 234 g/mol. The molecule has 4 heteroatoms. The Morgan fingerprint density at radius 1 is 1.35 bits per heavy atom. The molecule has 1 aromatic heterocycles. The molecule has 1 unspecified atom stereocenters. The summed E-state index contributed by atoms with van der Waals surface area (Å²) in [4.78, 5) is 2.32. The first-order valence-corrected chi connectivity index (χ1v) is 6.46. The molecule has 0 aliphatic carbocycles. The van der Waals surface area contributed by atoms with E-state index >= 15 is 0 Å². The summed E-state index contributed by atoms with van der Waals surface area (Å²) in [7, 11) is 2.03. The smallest absolute Gasteiger partial charge is 0.151 e. The van der Waals surface area contributed by atoms with Gasteiger partial charge in [0.05, 0.1) is 5.69 Å². The van der Waals surface area contributed by atoms with Gasteiger partial charge in [-0.2, -0.15) is 5.10 Å². The highest BCUT2D eigenvalue weighted by molar-refractivity contribution is 5.38. The lowest BCUT2D eigenvalue weighted by molar-refractivity contribution is 0.446. The molecule has 0 bridgehead atoms. The van der Waals surface area contributed by atoms with Crippen molar-refractivity contribution in [3.05, 3.63) is 17.8 Å². The van der Waals surface area contributed by atoms with Crippen LogP contribution in [0.15, 0.2) is 12.1 Å². The van der Waals surface area contributed by atoms with Crippen molar-refractivity contribution in [2.75, 3.05) is 25.0 Å². The predicted octanol–water partition coefficient (Wildman–Crippen LogP) is 1.79. The largest absolute Gasteiger partial charge is 0.354 e. The molecule has 1 aliphatic rings. The summed E-state index contributed by atoms with van der Waals surface area (Å²) >= 11 is 0. The zero-order chi connectivity index (χ0) is 12.3. The maximum Gasteiger partial charge on any atom is 0.151 e. The lowest BCUT2D eigenvalue weighted by Gasteiger charge is -2.33. The van der Waals surface area contributed by atoms with Crippen molar-refractivity contribution in [3.63, 3.8) is 0 Å². The van der Waals surface area contributed by atoms with E-state index < -0.39 is 0 Å². The van der Waals surface area contributed by atoms with Crippen LogP contribution in [0.2, 0.25) is 0 Å². The van der Waals surface area contributed by atoms with Crippen molar-refractivity contribution in [2.45, 2.75) is 38.6 Å². The molecule has 2 rings (SSSR count). The Morgan fingerprint density at radius 3 is 2.76 bits per heavy atom. The summed E-state index contributed by atoms with van der Waals surface area (Å²) < 4.78 is 0. The summed E-state index contributed by atoms with van der Waals surface area (Å²) in [6.45, 7) is 6.41. The SMILES string of the molecule is CNC1CCCN(c2ccc(C(C)C)nn2)C1. The maximum atomic E-state index is 4.34. The van der Waals surface area contributed by atoms with Gasteiger partial charge in [0.2, 0.25) is 0 Å². The second kappa shape index (κ2) is 5.45. The average Bonchev–Trinajstić information content (AvgIpc) is 2.39. The minimum absolute atomic E-state index is 0.447. The summed E-state index contributed by atoms with van der Waals surface area (Å²) in [5.41, 5.74) is 1.07. The van der Waals surface area contributed by atoms with Gasteiger partial charge in [-0.1, -0.05) is 13.8 Å². The van der Waals surface area contributed by atoms with E-state index in [-0.39, 0.29) is 0 Å². The van der Waals surface area contributed by atoms with Crippen LogP contribution in [0.5, 0.6) is 0 Å². The summed E-state index contributed by atoms with van der Waals surface area (Å²) in [5, 5.41) is 12.0. The lowest BCUT2D eigenvalue weighted by atomic mass is 10.1. The fourth-order valence-corrected chi connectivity index (χ4v) is 2.23. The Labute approximate surface area is 103 Å². The van der Waals surface area contributed by atoms with E-state index in [1.807, 2.05) is 7.05 Å². The van der Waals surface area contributed by atoms with Gasteiger partial charge in [0.25, 0.3) is 0 Å². The Hall–Kier alpha value is -1.16. The minimum atomic E-state index is 0.447. The highest BCUT2D eigenvalue weighted by Gasteiger charge is 2.19. The molecule has 2 heterocycles. The van der Waals surface area contributed by atoms with E-state index in [2.05, 4.69) is 46.4 Å². The number of hydrogen-bond donors (Lipinski definition) is 1. The summed E-state index contributed by atoms with van der Waals surface area (Å²) in [6.07, 6.45) is 2.48. The molecule has 94 valence electrons. The molecule has 1 atom stereocenters. The molecule has 17 heavy (non-hydrogen) atoms. The molecule has 4 nitrogen and oxygen atoms in total. The van der Waals surface area contributed by atoms with Crippen molar-refractivity contribution in [2.24, 2.45) is 0 Å². The zero-order valence-corrected chi connectivity index (χ0v) is 11.0. The Bertz CT molecular complexity index is 347. The molecule has 1 aliphatic heterocycles. The van der Waals surface area contributed by atoms with Gasteiger partial charge in [-0.25, -0.2) is 0 Å². The van der Waals surface area contributed by atoms with Crippen LogP contribution in [0.4, 0.5) is 5.82 Å². The predicted molar refractivity (Wildman–Crippen MR) is 70.4 cm³/mol. The first-order chi connectivity index (χ1) is 8.20. The third-order valence-corrected chi connectivity index (χ3v) is 3.42. The van der Waals surface area contributed by atoms with Gasteiger partial charge in [0, 0.05) is 19.1 Å². The maximum absolute atomic E-state index is 4.34. The van der Waals surface area contributed by atoms with Crippen LogP contribution in [0.25, 0.3) is 0 Å². The van der Waals surface area contributed by atoms with E-state index in [1.54, 1.807) is 0 Å². The van der Waals surface area contributed by atoms with Gasteiger partial charge < -0.3 is 10.2 Å². The van der Waals surface area contributed by atoms with Crippen LogP contribution in [0, 0.1) is 0 Å². The fourth-order valence-electron chi connectivity index (χ4n) is 2.23. The minimum Gasteiger partial charge on any atom is -0.354 e. The zero-order valence-electron chi connectivity index (χ0n) is 11.0. The molecule has 0 saturated carbocycles. The van der Waals surface area contributed by atoms with Crippen LogP contribution in [0.3, 0.4) is 0 Å². The van der Waals surface area contributed by atoms with Crippen molar-refractivity contribution < 1.29 is 0 Å². The first kappa shape index (κ1) is 12.3. The van der Waals surface area contributed by atoms with Gasteiger partial charge in [-0.05, 0) is 37.9 Å². The van der Waals surface area contributed by atoms with Gasteiger partial charge in [0.15, 0.2) is 5.82 Å². The van der Waals surface area contributed by atoms with Crippen molar-refractivity contribution >= 4 is 5.82 Å². The van der Waals surface area contributed by atoms with Gasteiger partial charge in [0.1, 0.15) is 0 Å². The monoisotopic (exact) mass is 234 g/mol. The van der Waals surface area contributed by atoms with Crippen LogP contribution < -0.4 is 10.2 Å². The number of anilines is 1. The van der Waals surface area contributed by atoms with Crippen LogP contribution in [0.1, 0.15) is 38.3 Å². The number of nitrogens with zero attached hydrogens (tertiary/aromatic N) is 3. The van der Waals surface area contributed by atoms with Crippen LogP contribution in [-0.4, -0.2) is 36.4 Å². The molecular formula is C13H22N4. The standard InChI is InChI=1S/C13H22N4/c1-10(2)12-6-7-13(16-15-12)17-8-4-5-11(9-17)14-3/h6-7,10-11,14H,4-5,8-9H2,1-3H3. The first-order valence-electron chi connectivity index (χ1n) is 6.46. The topological polar surface area (TPSA) is 41.0 Å². The van der Waals surface area contributed by atoms with Gasteiger partial charge in [-0.15, -0.1) is 5.10 Å². The number of piperidine rings is 1. The molecule has 1 aromatic rings. The van der Waals surface area contributed by atoms with Crippen LogP contribution >= 0.6 is 0 Å². The number of hydrogen-bond acceptors (Lipinski definition) is 4. The van der Waals surface area contributed by atoms with Crippen LogP contribution in [-0.2, 0) is 0 Å². The molecule has 0 spiro atoms. The summed E-state index contributed by atoms with van der Waals surface area (Å²) in [5.74, 6) is 1.46. The number of rotatable bonds is 3. The van der Waals surface area contributed by atoms with Gasteiger partial charge >= 0.3 is 0 Å². The van der Waals surface area contributed by atoms with E-state index in [0.29, 0.717) is 12.0 Å². The third-order valence-electron chi connectivity index (χ3n) is 3.42. The molecule has 0 radical (unpaired) electrons. The highest BCUT2D eigenvalue weighted by atomic mass is 15.3. The summed E-state index contributed by atoms with van der Waals surface area (Å²) in [6, 6.07) is 4.77. The lowest BCUT2D eigenvalue weighted by Crippen LogP contribution is -2.44. The molecule has 0 aromatic carbocycles. The quantitative estimate of drug-likeness (QED) is 0.865.